The average Bonchev–Trinajstić information content (AvgIpc) is 3.25. The predicted octanol–water partition coefficient (Wildman–Crippen LogP) is 4.34. The molecule has 0 aliphatic carbocycles. The van der Waals surface area contributed by atoms with Crippen LogP contribution in [0.1, 0.15) is 23.6 Å². The molecule has 1 fully saturated rings. The molecule has 2 aliphatic heterocycles. The summed E-state index contributed by atoms with van der Waals surface area (Å²) in [5.74, 6) is -0.379. The number of aliphatic hydroxyl groups is 1. The molecule has 2 heterocycles. The van der Waals surface area contributed by atoms with Gasteiger partial charge >= 0.3 is 0 Å². The first kappa shape index (κ1) is 21.1. The summed E-state index contributed by atoms with van der Waals surface area (Å²) in [5.41, 5.74) is 3.93. The second-order valence-electron chi connectivity index (χ2n) is 8.52. The third-order valence-corrected chi connectivity index (χ3v) is 8.70. The molecule has 7 heteroatoms. The molecule has 166 valence electrons. The van der Waals surface area contributed by atoms with E-state index in [4.69, 9.17) is 0 Å². The molecule has 2 aliphatic rings. The van der Waals surface area contributed by atoms with Crippen LogP contribution >= 0.6 is 0 Å². The number of nitrogens with one attached hydrogen (secondary N) is 1. The average molecular weight is 453 g/mol. The van der Waals surface area contributed by atoms with Crippen LogP contribution in [0.4, 0.5) is 10.1 Å². The van der Waals surface area contributed by atoms with Crippen LogP contribution in [0.3, 0.4) is 0 Å². The fourth-order valence-corrected chi connectivity index (χ4v) is 7.00. The molecule has 2 N–H and O–H groups in total. The van der Waals surface area contributed by atoms with Crippen molar-refractivity contribution in [1.82, 2.24) is 4.31 Å². The van der Waals surface area contributed by atoms with E-state index in [9.17, 15) is 17.9 Å². The summed E-state index contributed by atoms with van der Waals surface area (Å²) >= 11 is 0. The SMILES string of the molecule is Cc1ccccc1S(=O)(=O)N1CC[C@@H]2[C@H]1c1cc(-c3cccc(F)c3)ccc1N[C@@H]2CO. The van der Waals surface area contributed by atoms with Gasteiger partial charge in [0.2, 0.25) is 10.0 Å². The summed E-state index contributed by atoms with van der Waals surface area (Å²) in [4.78, 5) is 0.308. The fourth-order valence-electron chi connectivity index (χ4n) is 5.11. The van der Waals surface area contributed by atoms with E-state index in [0.29, 0.717) is 23.4 Å². The van der Waals surface area contributed by atoms with Gasteiger partial charge in [0.25, 0.3) is 0 Å². The monoisotopic (exact) mass is 452 g/mol. The minimum absolute atomic E-state index is 0.0611. The number of hydrogen-bond donors (Lipinski definition) is 2. The Balaban J connectivity index is 1.63. The molecule has 5 nitrogen and oxygen atoms in total. The highest BCUT2D eigenvalue weighted by atomic mass is 32.2. The third kappa shape index (κ3) is 3.41. The number of aliphatic hydroxyl groups excluding tert-OH is 1. The van der Waals surface area contributed by atoms with E-state index in [2.05, 4.69) is 5.32 Å². The van der Waals surface area contributed by atoms with E-state index in [1.807, 2.05) is 30.3 Å². The zero-order valence-corrected chi connectivity index (χ0v) is 18.5. The molecule has 5 rings (SSSR count). The quantitative estimate of drug-likeness (QED) is 0.618. The lowest BCUT2D eigenvalue weighted by molar-refractivity contribution is 0.210. The number of hydrogen-bond acceptors (Lipinski definition) is 4. The van der Waals surface area contributed by atoms with Crippen molar-refractivity contribution >= 4 is 15.7 Å². The van der Waals surface area contributed by atoms with Crippen molar-refractivity contribution in [1.29, 1.82) is 0 Å². The molecular weight excluding hydrogens is 427 g/mol. The van der Waals surface area contributed by atoms with Crippen molar-refractivity contribution in [2.24, 2.45) is 5.92 Å². The highest BCUT2D eigenvalue weighted by Gasteiger charge is 2.48. The van der Waals surface area contributed by atoms with E-state index in [1.165, 1.54) is 12.1 Å². The molecular formula is C25H25FN2O3S. The van der Waals surface area contributed by atoms with E-state index in [0.717, 1.165) is 22.4 Å². The molecule has 1 saturated heterocycles. The van der Waals surface area contributed by atoms with E-state index < -0.39 is 16.1 Å². The molecule has 0 spiro atoms. The molecule has 3 aromatic carbocycles. The highest BCUT2D eigenvalue weighted by molar-refractivity contribution is 7.89. The van der Waals surface area contributed by atoms with Gasteiger partial charge in [0, 0.05) is 18.2 Å². The standard InChI is InChI=1S/C25H25FN2O3S/c1-16-5-2-3-8-24(16)32(30,31)28-12-11-20-23(15-29)27-22-10-9-18(14-21(22)25(20)28)17-6-4-7-19(26)13-17/h2-10,13-14,20,23,25,27,29H,11-12,15H2,1H3/t20-,23+,25-/m0/s1. The Kier molecular flexibility index (Phi) is 5.28. The number of sulfonamides is 1. The molecule has 0 saturated carbocycles. The molecule has 0 amide bonds. The number of halogens is 1. The maximum absolute atomic E-state index is 13.8. The largest absolute Gasteiger partial charge is 0.394 e. The first-order valence-corrected chi connectivity index (χ1v) is 12.2. The normalized spacial score (nSPS) is 22.8. The van der Waals surface area contributed by atoms with Gasteiger partial charge in [0.1, 0.15) is 5.82 Å². The van der Waals surface area contributed by atoms with Crippen LogP contribution in [-0.4, -0.2) is 37.0 Å². The maximum Gasteiger partial charge on any atom is 0.243 e. The summed E-state index contributed by atoms with van der Waals surface area (Å²) in [6.07, 6.45) is 0.650. The van der Waals surface area contributed by atoms with E-state index in [1.54, 1.807) is 35.5 Å². The summed E-state index contributed by atoms with van der Waals surface area (Å²) in [5, 5.41) is 13.4. The predicted molar refractivity (Wildman–Crippen MR) is 122 cm³/mol. The lowest BCUT2D eigenvalue weighted by atomic mass is 9.82. The van der Waals surface area contributed by atoms with Crippen molar-refractivity contribution in [2.75, 3.05) is 18.5 Å². The highest BCUT2D eigenvalue weighted by Crippen LogP contribution is 2.49. The Bertz CT molecular complexity index is 1280. The Morgan fingerprint density at radius 1 is 1.06 bits per heavy atom. The van der Waals surface area contributed by atoms with Crippen LogP contribution in [0, 0.1) is 18.7 Å². The molecule has 0 aromatic heterocycles. The van der Waals surface area contributed by atoms with Crippen LogP contribution < -0.4 is 5.32 Å². The van der Waals surface area contributed by atoms with Crippen LogP contribution in [0.2, 0.25) is 0 Å². The Morgan fingerprint density at radius 2 is 1.84 bits per heavy atom. The summed E-state index contributed by atoms with van der Waals surface area (Å²) in [6, 6.07) is 18.5. The van der Waals surface area contributed by atoms with Crippen molar-refractivity contribution in [2.45, 2.75) is 30.3 Å². The molecule has 3 aromatic rings. The summed E-state index contributed by atoms with van der Waals surface area (Å²) in [6.45, 7) is 2.10. The van der Waals surface area contributed by atoms with Gasteiger partial charge in [0.05, 0.1) is 23.6 Å². The van der Waals surface area contributed by atoms with Crippen LogP contribution in [0.5, 0.6) is 0 Å². The molecule has 32 heavy (non-hydrogen) atoms. The second-order valence-corrected chi connectivity index (χ2v) is 10.4. The van der Waals surface area contributed by atoms with Crippen molar-refractivity contribution in [3.63, 3.8) is 0 Å². The molecule has 0 unspecified atom stereocenters. The zero-order chi connectivity index (χ0) is 22.5. The lowest BCUT2D eigenvalue weighted by Gasteiger charge is -2.39. The van der Waals surface area contributed by atoms with Crippen LogP contribution in [-0.2, 0) is 10.0 Å². The van der Waals surface area contributed by atoms with Gasteiger partial charge < -0.3 is 10.4 Å². The minimum Gasteiger partial charge on any atom is -0.394 e. The van der Waals surface area contributed by atoms with Crippen molar-refractivity contribution in [3.8, 4) is 11.1 Å². The summed E-state index contributed by atoms with van der Waals surface area (Å²) < 4.78 is 42.8. The number of aryl methyl sites for hydroxylation is 1. The van der Waals surface area contributed by atoms with Gasteiger partial charge in [-0.05, 0) is 65.9 Å². The number of benzene rings is 3. The molecule has 0 radical (unpaired) electrons. The van der Waals surface area contributed by atoms with Gasteiger partial charge in [-0.25, -0.2) is 12.8 Å². The topological polar surface area (TPSA) is 69.6 Å². The summed E-state index contributed by atoms with van der Waals surface area (Å²) in [7, 11) is -3.73. The Hall–Kier alpha value is -2.74. The number of fused-ring (bicyclic) bond motifs is 3. The zero-order valence-electron chi connectivity index (χ0n) is 17.7. The first-order valence-electron chi connectivity index (χ1n) is 10.7. The van der Waals surface area contributed by atoms with Gasteiger partial charge in [-0.2, -0.15) is 4.31 Å². The molecule has 3 atom stereocenters. The fraction of sp³-hybridized carbons (Fsp3) is 0.280. The third-order valence-electron chi connectivity index (χ3n) is 6.66. The lowest BCUT2D eigenvalue weighted by Crippen LogP contribution is -2.42. The van der Waals surface area contributed by atoms with Gasteiger partial charge in [0.15, 0.2) is 0 Å². The van der Waals surface area contributed by atoms with Crippen LogP contribution in [0.15, 0.2) is 71.6 Å². The second kappa shape index (κ2) is 7.99. The van der Waals surface area contributed by atoms with Gasteiger partial charge in [-0.3, -0.25) is 0 Å². The van der Waals surface area contributed by atoms with Gasteiger partial charge in [-0.1, -0.05) is 36.4 Å². The first-order chi connectivity index (χ1) is 15.4. The Labute approximate surface area is 187 Å². The van der Waals surface area contributed by atoms with E-state index >= 15 is 0 Å². The Morgan fingerprint density at radius 3 is 2.59 bits per heavy atom. The van der Waals surface area contributed by atoms with Crippen LogP contribution in [0.25, 0.3) is 11.1 Å². The number of anilines is 1. The van der Waals surface area contributed by atoms with Gasteiger partial charge in [-0.15, -0.1) is 0 Å². The molecule has 0 bridgehead atoms. The van der Waals surface area contributed by atoms with E-state index in [-0.39, 0.29) is 24.4 Å². The van der Waals surface area contributed by atoms with Crippen molar-refractivity contribution in [3.05, 3.63) is 83.7 Å². The minimum atomic E-state index is -3.73. The number of rotatable bonds is 4. The smallest absolute Gasteiger partial charge is 0.243 e. The maximum atomic E-state index is 13.8. The number of nitrogens with zero attached hydrogens (tertiary/aromatic N) is 1. The van der Waals surface area contributed by atoms with Crippen molar-refractivity contribution < 1.29 is 17.9 Å².